The Labute approximate surface area is 114 Å². The largest absolute Gasteiger partial charge is 0.493 e. The molecule has 0 unspecified atom stereocenters. The summed E-state index contributed by atoms with van der Waals surface area (Å²) >= 11 is 0. The van der Waals surface area contributed by atoms with Crippen molar-refractivity contribution in [2.75, 3.05) is 13.7 Å². The molecule has 0 amide bonds. The lowest BCUT2D eigenvalue weighted by atomic mass is 9.97. The van der Waals surface area contributed by atoms with Crippen LogP contribution in [0.3, 0.4) is 0 Å². The molecule has 98 valence electrons. The fraction of sp³-hybridized carbons (Fsp3) is 0.294. The minimum Gasteiger partial charge on any atom is -0.493 e. The number of hydrogen-bond acceptors (Lipinski definition) is 2. The van der Waals surface area contributed by atoms with E-state index in [4.69, 9.17) is 9.47 Å². The Morgan fingerprint density at radius 3 is 2.16 bits per heavy atom. The van der Waals surface area contributed by atoms with Crippen molar-refractivity contribution in [1.82, 2.24) is 0 Å². The molecule has 0 aliphatic heterocycles. The maximum absolute atomic E-state index is 5.98. The van der Waals surface area contributed by atoms with E-state index in [1.165, 1.54) is 18.4 Å². The first-order valence-corrected chi connectivity index (χ1v) is 6.65. The zero-order chi connectivity index (χ0) is 13.1. The van der Waals surface area contributed by atoms with E-state index in [9.17, 15) is 0 Å². The van der Waals surface area contributed by atoms with Gasteiger partial charge in [0.2, 0.25) is 0 Å². The number of methoxy groups -OCH3 is 1. The highest BCUT2D eigenvalue weighted by Gasteiger charge is 2.45. The van der Waals surface area contributed by atoms with Gasteiger partial charge in [-0.25, -0.2) is 0 Å². The Hall–Kier alpha value is -1.96. The molecule has 1 saturated carbocycles. The fourth-order valence-corrected chi connectivity index (χ4v) is 2.41. The predicted molar refractivity (Wildman–Crippen MR) is 75.8 cm³/mol. The molecule has 2 nitrogen and oxygen atoms in total. The van der Waals surface area contributed by atoms with E-state index >= 15 is 0 Å². The van der Waals surface area contributed by atoms with Crippen molar-refractivity contribution in [2.24, 2.45) is 0 Å². The van der Waals surface area contributed by atoms with Gasteiger partial charge in [0.15, 0.2) is 11.5 Å². The zero-order valence-electron chi connectivity index (χ0n) is 11.1. The van der Waals surface area contributed by atoms with Crippen LogP contribution in [0.25, 0.3) is 0 Å². The average molecular weight is 254 g/mol. The van der Waals surface area contributed by atoms with Gasteiger partial charge in [-0.2, -0.15) is 0 Å². The second-order valence-electron chi connectivity index (χ2n) is 5.09. The van der Waals surface area contributed by atoms with Crippen LogP contribution < -0.4 is 9.47 Å². The number of hydrogen-bond donors (Lipinski definition) is 0. The summed E-state index contributed by atoms with van der Waals surface area (Å²) in [5.41, 5.74) is 1.59. The van der Waals surface area contributed by atoms with Gasteiger partial charge in [0, 0.05) is 5.41 Å². The maximum atomic E-state index is 5.98. The normalized spacial score (nSPS) is 15.8. The van der Waals surface area contributed by atoms with Crippen molar-refractivity contribution in [2.45, 2.75) is 18.3 Å². The molecular formula is C17H18O2. The topological polar surface area (TPSA) is 18.5 Å². The van der Waals surface area contributed by atoms with E-state index in [1.807, 2.05) is 24.3 Å². The third-order valence-corrected chi connectivity index (χ3v) is 3.81. The number of rotatable bonds is 5. The van der Waals surface area contributed by atoms with Crippen LogP contribution in [0.2, 0.25) is 0 Å². The van der Waals surface area contributed by atoms with Crippen LogP contribution >= 0.6 is 0 Å². The van der Waals surface area contributed by atoms with E-state index in [-0.39, 0.29) is 5.41 Å². The van der Waals surface area contributed by atoms with Crippen molar-refractivity contribution in [3.05, 3.63) is 60.2 Å². The first kappa shape index (κ1) is 12.1. The molecule has 0 radical (unpaired) electrons. The molecule has 0 saturated heterocycles. The minimum absolute atomic E-state index is 0.210. The number of para-hydroxylation sites is 2. The Morgan fingerprint density at radius 2 is 1.53 bits per heavy atom. The van der Waals surface area contributed by atoms with Crippen molar-refractivity contribution < 1.29 is 9.47 Å². The molecule has 1 aliphatic rings. The first-order chi connectivity index (χ1) is 9.34. The lowest BCUT2D eigenvalue weighted by Gasteiger charge is -2.18. The predicted octanol–water partition coefficient (Wildman–Crippen LogP) is 3.81. The number of ether oxygens (including phenoxy) is 2. The van der Waals surface area contributed by atoms with Crippen molar-refractivity contribution in [3.63, 3.8) is 0 Å². The Morgan fingerprint density at radius 1 is 0.895 bits per heavy atom. The van der Waals surface area contributed by atoms with Gasteiger partial charge in [0.1, 0.15) is 0 Å². The van der Waals surface area contributed by atoms with Crippen LogP contribution in [0.1, 0.15) is 18.4 Å². The van der Waals surface area contributed by atoms with Gasteiger partial charge < -0.3 is 9.47 Å². The third kappa shape index (κ3) is 2.43. The summed E-state index contributed by atoms with van der Waals surface area (Å²) in [4.78, 5) is 0. The van der Waals surface area contributed by atoms with Gasteiger partial charge in [-0.15, -0.1) is 0 Å². The fourth-order valence-electron chi connectivity index (χ4n) is 2.41. The summed E-state index contributed by atoms with van der Waals surface area (Å²) in [5.74, 6) is 1.62. The molecule has 2 aromatic rings. The van der Waals surface area contributed by atoms with Crippen LogP contribution in [0.4, 0.5) is 0 Å². The molecule has 1 fully saturated rings. The lowest BCUT2D eigenvalue weighted by molar-refractivity contribution is 0.263. The molecule has 0 bridgehead atoms. The molecule has 3 rings (SSSR count). The van der Waals surface area contributed by atoms with Crippen LogP contribution in [0.15, 0.2) is 54.6 Å². The highest BCUT2D eigenvalue weighted by atomic mass is 16.5. The maximum Gasteiger partial charge on any atom is 0.161 e. The van der Waals surface area contributed by atoms with Crippen LogP contribution in [0, 0.1) is 0 Å². The summed E-state index contributed by atoms with van der Waals surface area (Å²) in [6, 6.07) is 18.4. The highest BCUT2D eigenvalue weighted by Crippen LogP contribution is 2.48. The van der Waals surface area contributed by atoms with Gasteiger partial charge in [-0.05, 0) is 30.5 Å². The van der Waals surface area contributed by atoms with Gasteiger partial charge >= 0.3 is 0 Å². The molecule has 0 spiro atoms. The van der Waals surface area contributed by atoms with E-state index in [1.54, 1.807) is 7.11 Å². The Bertz CT molecular complexity index is 544. The van der Waals surface area contributed by atoms with E-state index in [0.717, 1.165) is 18.1 Å². The average Bonchev–Trinajstić information content (AvgIpc) is 3.27. The summed E-state index contributed by atoms with van der Waals surface area (Å²) < 4.78 is 11.3. The van der Waals surface area contributed by atoms with Crippen molar-refractivity contribution in [1.29, 1.82) is 0 Å². The quantitative estimate of drug-likeness (QED) is 0.808. The van der Waals surface area contributed by atoms with E-state index in [2.05, 4.69) is 30.3 Å². The molecule has 0 N–H and O–H groups in total. The van der Waals surface area contributed by atoms with Crippen LogP contribution in [-0.2, 0) is 5.41 Å². The van der Waals surface area contributed by atoms with E-state index < -0.39 is 0 Å². The smallest absolute Gasteiger partial charge is 0.161 e. The molecule has 19 heavy (non-hydrogen) atoms. The summed E-state index contributed by atoms with van der Waals surface area (Å²) in [5, 5.41) is 0. The summed E-state index contributed by atoms with van der Waals surface area (Å²) in [6.07, 6.45) is 2.40. The van der Waals surface area contributed by atoms with Crippen molar-refractivity contribution >= 4 is 0 Å². The monoisotopic (exact) mass is 254 g/mol. The van der Waals surface area contributed by atoms with Gasteiger partial charge in [0.05, 0.1) is 13.7 Å². The molecule has 2 heteroatoms. The molecule has 1 aliphatic carbocycles. The SMILES string of the molecule is COc1ccccc1OCC1(c2ccccc2)CC1. The first-order valence-electron chi connectivity index (χ1n) is 6.65. The molecule has 0 aromatic heterocycles. The van der Waals surface area contributed by atoms with Crippen LogP contribution in [-0.4, -0.2) is 13.7 Å². The standard InChI is InChI=1S/C17H18O2/c1-18-15-9-5-6-10-16(15)19-13-17(11-12-17)14-7-3-2-4-8-14/h2-10H,11-13H2,1H3. The van der Waals surface area contributed by atoms with E-state index in [0.29, 0.717) is 0 Å². The van der Waals surface area contributed by atoms with Gasteiger partial charge in [-0.1, -0.05) is 42.5 Å². The van der Waals surface area contributed by atoms with Crippen LogP contribution in [0.5, 0.6) is 11.5 Å². The van der Waals surface area contributed by atoms with Gasteiger partial charge in [0.25, 0.3) is 0 Å². The summed E-state index contributed by atoms with van der Waals surface area (Å²) in [6.45, 7) is 0.720. The van der Waals surface area contributed by atoms with Crippen molar-refractivity contribution in [3.8, 4) is 11.5 Å². The second kappa shape index (κ2) is 4.96. The molecule has 0 heterocycles. The summed E-state index contributed by atoms with van der Waals surface area (Å²) in [7, 11) is 1.67. The zero-order valence-corrected chi connectivity index (χ0v) is 11.1. The molecular weight excluding hydrogens is 236 g/mol. The molecule has 2 aromatic carbocycles. The third-order valence-electron chi connectivity index (χ3n) is 3.81. The van der Waals surface area contributed by atoms with Gasteiger partial charge in [-0.3, -0.25) is 0 Å². The second-order valence-corrected chi connectivity index (χ2v) is 5.09. The minimum atomic E-state index is 0.210. The lowest BCUT2D eigenvalue weighted by Crippen LogP contribution is -2.17. The molecule has 0 atom stereocenters. The Balaban J connectivity index is 1.73. The Kier molecular flexibility index (Phi) is 3.16. The highest BCUT2D eigenvalue weighted by molar-refractivity contribution is 5.40. The number of benzene rings is 2.